The molecule has 0 spiro atoms. The predicted octanol–water partition coefficient (Wildman–Crippen LogP) is 2.68. The molecule has 2 N–H and O–H groups in total. The van der Waals surface area contributed by atoms with E-state index in [2.05, 4.69) is 0 Å². The highest BCUT2D eigenvalue weighted by Gasteiger charge is 2.28. The summed E-state index contributed by atoms with van der Waals surface area (Å²) in [5.74, 6) is 0.370. The number of benzene rings is 1. The first-order chi connectivity index (χ1) is 8.72. The van der Waals surface area contributed by atoms with E-state index in [9.17, 15) is 4.79 Å². The van der Waals surface area contributed by atoms with Crippen LogP contribution in [0.1, 0.15) is 15.2 Å². The maximum atomic E-state index is 11.8. The Labute approximate surface area is 108 Å². The van der Waals surface area contributed by atoms with Crippen molar-refractivity contribution in [2.45, 2.75) is 6.61 Å². The van der Waals surface area contributed by atoms with Gasteiger partial charge in [-0.2, -0.15) is 0 Å². The van der Waals surface area contributed by atoms with Crippen molar-refractivity contribution in [3.8, 4) is 16.9 Å². The fourth-order valence-corrected chi connectivity index (χ4v) is 3.12. The van der Waals surface area contributed by atoms with Crippen LogP contribution in [0.2, 0.25) is 0 Å². The lowest BCUT2D eigenvalue weighted by Crippen LogP contribution is -2.08. The number of hydrogen-bond acceptors (Lipinski definition) is 5. The molecule has 1 aromatic carbocycles. The number of hydrogen-bond donors (Lipinski definition) is 1. The summed E-state index contributed by atoms with van der Waals surface area (Å²) in [4.78, 5) is 12.8. The van der Waals surface area contributed by atoms with Crippen LogP contribution in [0.3, 0.4) is 0 Å². The molecule has 4 nitrogen and oxygen atoms in total. The third-order valence-electron chi connectivity index (χ3n) is 2.91. The number of carbonyl (C=O) groups is 1. The van der Waals surface area contributed by atoms with Gasteiger partial charge in [0.15, 0.2) is 0 Å². The quantitative estimate of drug-likeness (QED) is 0.802. The van der Waals surface area contributed by atoms with Crippen LogP contribution in [0.5, 0.6) is 5.75 Å². The van der Waals surface area contributed by atoms with Gasteiger partial charge in [0.05, 0.1) is 12.0 Å². The van der Waals surface area contributed by atoms with Crippen molar-refractivity contribution < 1.29 is 14.3 Å². The van der Waals surface area contributed by atoms with Gasteiger partial charge in [-0.3, -0.25) is 0 Å². The number of nitrogens with two attached hydrogens (primary N) is 1. The summed E-state index contributed by atoms with van der Waals surface area (Å²) in [6.45, 7) is 0.443. The SMILES string of the molecule is COC(=O)c1c(N)sc2c1-c1ccccc1OC2. The van der Waals surface area contributed by atoms with E-state index in [1.807, 2.05) is 24.3 Å². The molecule has 0 radical (unpaired) electrons. The van der Waals surface area contributed by atoms with Crippen LogP contribution in [0.15, 0.2) is 24.3 Å². The molecule has 1 aliphatic rings. The summed E-state index contributed by atoms with van der Waals surface area (Å²) in [7, 11) is 1.36. The molecule has 0 unspecified atom stereocenters. The van der Waals surface area contributed by atoms with Crippen molar-refractivity contribution in [2.75, 3.05) is 12.8 Å². The maximum Gasteiger partial charge on any atom is 0.341 e. The molecule has 0 saturated carbocycles. The number of carbonyl (C=O) groups excluding carboxylic acids is 1. The minimum atomic E-state index is -0.401. The van der Waals surface area contributed by atoms with Gasteiger partial charge in [0, 0.05) is 11.1 Å². The summed E-state index contributed by atoms with van der Waals surface area (Å²) in [6, 6.07) is 7.61. The number of methoxy groups -OCH3 is 1. The second-order valence-corrected chi connectivity index (χ2v) is 5.05. The topological polar surface area (TPSA) is 61.5 Å². The van der Waals surface area contributed by atoms with E-state index < -0.39 is 5.97 Å². The molecular weight excluding hydrogens is 250 g/mol. The van der Waals surface area contributed by atoms with Gasteiger partial charge >= 0.3 is 5.97 Å². The highest BCUT2D eigenvalue weighted by Crippen LogP contribution is 2.45. The Kier molecular flexibility index (Phi) is 2.48. The van der Waals surface area contributed by atoms with E-state index in [1.165, 1.54) is 18.4 Å². The second kappa shape index (κ2) is 4.03. The molecule has 1 aromatic heterocycles. The van der Waals surface area contributed by atoms with Crippen LogP contribution in [0.25, 0.3) is 11.1 Å². The summed E-state index contributed by atoms with van der Waals surface area (Å²) in [5, 5.41) is 0.479. The second-order valence-electron chi connectivity index (χ2n) is 3.92. The Morgan fingerprint density at radius 1 is 1.44 bits per heavy atom. The summed E-state index contributed by atoms with van der Waals surface area (Å²) >= 11 is 1.38. The predicted molar refractivity (Wildman–Crippen MR) is 69.8 cm³/mol. The fraction of sp³-hybridized carbons (Fsp3) is 0.154. The van der Waals surface area contributed by atoms with E-state index in [-0.39, 0.29) is 0 Å². The zero-order chi connectivity index (χ0) is 12.7. The molecule has 2 aromatic rings. The van der Waals surface area contributed by atoms with Crippen LogP contribution in [0.4, 0.5) is 5.00 Å². The molecule has 0 fully saturated rings. The van der Waals surface area contributed by atoms with Gasteiger partial charge in [0.2, 0.25) is 0 Å². The third kappa shape index (κ3) is 1.48. The largest absolute Gasteiger partial charge is 0.487 e. The van der Waals surface area contributed by atoms with Crippen LogP contribution in [0, 0.1) is 0 Å². The van der Waals surface area contributed by atoms with Crippen molar-refractivity contribution in [3.05, 3.63) is 34.7 Å². The molecule has 3 rings (SSSR count). The summed E-state index contributed by atoms with van der Waals surface area (Å²) in [6.07, 6.45) is 0. The molecular formula is C13H11NO3S. The minimum Gasteiger partial charge on any atom is -0.487 e. The van der Waals surface area contributed by atoms with E-state index in [1.54, 1.807) is 0 Å². The van der Waals surface area contributed by atoms with E-state index in [0.29, 0.717) is 17.2 Å². The molecule has 92 valence electrons. The first-order valence-corrected chi connectivity index (χ1v) is 6.25. The molecule has 5 heteroatoms. The molecule has 2 heterocycles. The van der Waals surface area contributed by atoms with Gasteiger partial charge < -0.3 is 15.2 Å². The standard InChI is InChI=1S/C13H11NO3S/c1-16-13(15)11-10-7-4-2-3-5-8(7)17-6-9(10)18-12(11)14/h2-5H,6,14H2,1H3. The Balaban J connectivity index is 2.28. The number of nitrogen functional groups attached to an aromatic ring is 1. The molecule has 0 bridgehead atoms. The average molecular weight is 261 g/mol. The number of rotatable bonds is 1. The first-order valence-electron chi connectivity index (χ1n) is 5.44. The van der Waals surface area contributed by atoms with Crippen molar-refractivity contribution in [3.63, 3.8) is 0 Å². The van der Waals surface area contributed by atoms with Gasteiger partial charge in [-0.1, -0.05) is 18.2 Å². The molecule has 0 atom stereocenters. The summed E-state index contributed by atoms with van der Waals surface area (Å²) < 4.78 is 10.4. The Morgan fingerprint density at radius 3 is 3.00 bits per heavy atom. The monoisotopic (exact) mass is 261 g/mol. The molecule has 0 saturated heterocycles. The third-order valence-corrected chi connectivity index (χ3v) is 3.91. The van der Waals surface area contributed by atoms with Gasteiger partial charge in [0.1, 0.15) is 22.9 Å². The van der Waals surface area contributed by atoms with Crippen molar-refractivity contribution in [1.82, 2.24) is 0 Å². The Bertz CT molecular complexity index is 633. The van der Waals surface area contributed by atoms with E-state index in [4.69, 9.17) is 15.2 Å². The van der Waals surface area contributed by atoms with Crippen LogP contribution < -0.4 is 10.5 Å². The van der Waals surface area contributed by atoms with E-state index >= 15 is 0 Å². The minimum absolute atomic E-state index is 0.401. The average Bonchev–Trinajstić information content (AvgIpc) is 2.74. The molecule has 0 aliphatic carbocycles. The summed E-state index contributed by atoms with van der Waals surface area (Å²) in [5.41, 5.74) is 8.12. The zero-order valence-electron chi connectivity index (χ0n) is 9.73. The molecule has 0 amide bonds. The van der Waals surface area contributed by atoms with Crippen LogP contribution >= 0.6 is 11.3 Å². The van der Waals surface area contributed by atoms with Crippen molar-refractivity contribution in [2.24, 2.45) is 0 Å². The number of ether oxygens (including phenoxy) is 2. The van der Waals surface area contributed by atoms with Gasteiger partial charge in [-0.05, 0) is 6.07 Å². The molecule has 18 heavy (non-hydrogen) atoms. The molecule has 1 aliphatic heterocycles. The van der Waals surface area contributed by atoms with Gasteiger partial charge in [0.25, 0.3) is 0 Å². The number of esters is 1. The lowest BCUT2D eigenvalue weighted by molar-refractivity contribution is 0.0603. The maximum absolute atomic E-state index is 11.8. The van der Waals surface area contributed by atoms with Crippen LogP contribution in [-0.4, -0.2) is 13.1 Å². The first kappa shape index (κ1) is 11.1. The normalized spacial score (nSPS) is 12.3. The zero-order valence-corrected chi connectivity index (χ0v) is 10.5. The van der Waals surface area contributed by atoms with Crippen molar-refractivity contribution >= 4 is 22.3 Å². The Hall–Kier alpha value is -2.01. The van der Waals surface area contributed by atoms with Crippen molar-refractivity contribution in [1.29, 1.82) is 0 Å². The number of anilines is 1. The highest BCUT2D eigenvalue weighted by molar-refractivity contribution is 7.17. The lowest BCUT2D eigenvalue weighted by Gasteiger charge is -2.18. The number of fused-ring (bicyclic) bond motifs is 3. The number of para-hydroxylation sites is 1. The van der Waals surface area contributed by atoms with E-state index in [0.717, 1.165) is 21.8 Å². The van der Waals surface area contributed by atoms with Crippen LogP contribution in [-0.2, 0) is 11.3 Å². The van der Waals surface area contributed by atoms with Gasteiger partial charge in [-0.25, -0.2) is 4.79 Å². The fourth-order valence-electron chi connectivity index (χ4n) is 2.13. The Morgan fingerprint density at radius 2 is 2.22 bits per heavy atom. The lowest BCUT2D eigenvalue weighted by atomic mass is 9.99. The van der Waals surface area contributed by atoms with Gasteiger partial charge in [-0.15, -0.1) is 11.3 Å². The smallest absolute Gasteiger partial charge is 0.341 e. The number of thiophene rings is 1. The highest BCUT2D eigenvalue weighted by atomic mass is 32.1.